The van der Waals surface area contributed by atoms with E-state index in [4.69, 9.17) is 4.74 Å². The molecule has 1 N–H and O–H groups in total. The highest BCUT2D eigenvalue weighted by Gasteiger charge is 2.21. The van der Waals surface area contributed by atoms with E-state index in [1.54, 1.807) is 24.5 Å². The maximum Gasteiger partial charge on any atom is 0.141 e. The van der Waals surface area contributed by atoms with Crippen LogP contribution in [0, 0.1) is 19.7 Å². The Morgan fingerprint density at radius 1 is 1.30 bits per heavy atom. The molecule has 0 radical (unpaired) electrons. The first kappa shape index (κ1) is 15.5. The second-order valence-corrected chi connectivity index (χ2v) is 6.76. The molecular weight excluding hydrogens is 341 g/mol. The van der Waals surface area contributed by atoms with Gasteiger partial charge in [-0.15, -0.1) is 11.3 Å². The molecule has 0 spiro atoms. The summed E-state index contributed by atoms with van der Waals surface area (Å²) in [4.78, 5) is 2.49. The Morgan fingerprint density at radius 3 is 2.50 bits per heavy atom. The molecule has 0 aliphatic carbocycles. The third-order valence-corrected chi connectivity index (χ3v) is 5.17. The summed E-state index contributed by atoms with van der Waals surface area (Å²) in [6.07, 6.45) is 0. The summed E-state index contributed by atoms with van der Waals surface area (Å²) in [7, 11) is 3.45. The van der Waals surface area contributed by atoms with Crippen molar-refractivity contribution >= 4 is 27.3 Å². The Hall–Kier alpha value is -0.910. The molecule has 1 aromatic carbocycles. The fraction of sp³-hybridized carbons (Fsp3) is 0.333. The highest BCUT2D eigenvalue weighted by molar-refractivity contribution is 9.10. The van der Waals surface area contributed by atoms with E-state index in [9.17, 15) is 4.39 Å². The van der Waals surface area contributed by atoms with Gasteiger partial charge in [-0.2, -0.15) is 0 Å². The maximum absolute atomic E-state index is 13.6. The average Bonchev–Trinajstić information content (AvgIpc) is 2.74. The van der Waals surface area contributed by atoms with Crippen molar-refractivity contribution in [3.8, 4) is 5.75 Å². The summed E-state index contributed by atoms with van der Waals surface area (Å²) in [5.74, 6) is 0.229. The van der Waals surface area contributed by atoms with Crippen LogP contribution >= 0.6 is 27.3 Å². The van der Waals surface area contributed by atoms with Gasteiger partial charge in [0.15, 0.2) is 0 Å². The summed E-state index contributed by atoms with van der Waals surface area (Å²) in [5, 5.41) is 3.28. The standard InChI is InChI=1S/C15H17BrFNOS/c1-8-5-14(20-9(8)2)15(18-3)10-6-11(16)12(17)7-13(10)19-4/h5-7,15,18H,1-4H3. The van der Waals surface area contributed by atoms with Crippen LogP contribution in [0.4, 0.5) is 4.39 Å². The molecule has 1 aromatic heterocycles. The van der Waals surface area contributed by atoms with Crippen molar-refractivity contribution in [3.63, 3.8) is 0 Å². The average molecular weight is 358 g/mol. The van der Waals surface area contributed by atoms with Gasteiger partial charge >= 0.3 is 0 Å². The van der Waals surface area contributed by atoms with Crippen molar-refractivity contribution < 1.29 is 9.13 Å². The molecule has 0 fully saturated rings. The number of halogens is 2. The van der Waals surface area contributed by atoms with Crippen LogP contribution in [-0.4, -0.2) is 14.2 Å². The first-order chi connectivity index (χ1) is 9.47. The number of methoxy groups -OCH3 is 1. The molecule has 0 bridgehead atoms. The molecule has 0 aliphatic rings. The summed E-state index contributed by atoms with van der Waals surface area (Å²) in [5.41, 5.74) is 2.19. The number of benzene rings is 1. The van der Waals surface area contributed by atoms with Gasteiger partial charge in [0, 0.05) is 21.4 Å². The van der Waals surface area contributed by atoms with Gasteiger partial charge < -0.3 is 10.1 Å². The Labute approximate surface area is 131 Å². The van der Waals surface area contributed by atoms with E-state index >= 15 is 0 Å². The Balaban J connectivity index is 2.54. The van der Waals surface area contributed by atoms with Gasteiger partial charge in [-0.3, -0.25) is 0 Å². The van der Waals surface area contributed by atoms with Crippen molar-refractivity contribution in [2.24, 2.45) is 0 Å². The SMILES string of the molecule is CNC(c1cc(C)c(C)s1)c1cc(Br)c(F)cc1OC. The molecule has 0 aliphatic heterocycles. The molecule has 0 saturated carbocycles. The molecule has 0 saturated heterocycles. The van der Waals surface area contributed by atoms with Crippen LogP contribution in [0.5, 0.6) is 5.75 Å². The van der Waals surface area contributed by atoms with Crippen LogP contribution in [-0.2, 0) is 0 Å². The van der Waals surface area contributed by atoms with E-state index in [0.717, 1.165) is 5.56 Å². The molecule has 5 heteroatoms. The Morgan fingerprint density at radius 2 is 2.00 bits per heavy atom. The van der Waals surface area contributed by atoms with Gasteiger partial charge in [-0.25, -0.2) is 4.39 Å². The van der Waals surface area contributed by atoms with Gasteiger partial charge in [0.25, 0.3) is 0 Å². The normalized spacial score (nSPS) is 12.5. The van der Waals surface area contributed by atoms with Crippen LogP contribution in [0.25, 0.3) is 0 Å². The van der Waals surface area contributed by atoms with Crippen molar-refractivity contribution in [1.29, 1.82) is 0 Å². The minimum Gasteiger partial charge on any atom is -0.496 e. The van der Waals surface area contributed by atoms with Gasteiger partial charge in [0.1, 0.15) is 11.6 Å². The maximum atomic E-state index is 13.6. The molecule has 108 valence electrons. The second-order valence-electron chi connectivity index (χ2n) is 4.62. The van der Waals surface area contributed by atoms with Gasteiger partial charge in [0.05, 0.1) is 17.6 Å². The molecule has 1 atom stereocenters. The highest BCUT2D eigenvalue weighted by Crippen LogP contribution is 2.37. The van der Waals surface area contributed by atoms with Crippen molar-refractivity contribution in [1.82, 2.24) is 5.32 Å². The van der Waals surface area contributed by atoms with Crippen LogP contribution in [0.2, 0.25) is 0 Å². The largest absolute Gasteiger partial charge is 0.496 e. The first-order valence-corrected chi connectivity index (χ1v) is 7.86. The number of hydrogen-bond acceptors (Lipinski definition) is 3. The molecule has 1 heterocycles. The predicted molar refractivity (Wildman–Crippen MR) is 85.3 cm³/mol. The lowest BCUT2D eigenvalue weighted by molar-refractivity contribution is 0.401. The molecule has 20 heavy (non-hydrogen) atoms. The number of hydrogen-bond donors (Lipinski definition) is 1. The minimum absolute atomic E-state index is 0.0146. The summed E-state index contributed by atoms with van der Waals surface area (Å²) < 4.78 is 19.4. The molecule has 2 rings (SSSR count). The third kappa shape index (κ3) is 2.90. The zero-order valence-corrected chi connectivity index (χ0v) is 14.3. The van der Waals surface area contributed by atoms with Gasteiger partial charge in [-0.1, -0.05) is 0 Å². The van der Waals surface area contributed by atoms with Gasteiger partial charge in [-0.05, 0) is 54.5 Å². The fourth-order valence-electron chi connectivity index (χ4n) is 2.14. The van der Waals surface area contributed by atoms with Crippen molar-refractivity contribution in [2.75, 3.05) is 14.2 Å². The Bertz CT molecular complexity index is 607. The zero-order valence-electron chi connectivity index (χ0n) is 11.9. The number of ether oxygens (including phenoxy) is 1. The number of thiophene rings is 1. The zero-order chi connectivity index (χ0) is 14.9. The lowest BCUT2D eigenvalue weighted by Crippen LogP contribution is -2.17. The highest BCUT2D eigenvalue weighted by atomic mass is 79.9. The van der Waals surface area contributed by atoms with Crippen LogP contribution < -0.4 is 10.1 Å². The van der Waals surface area contributed by atoms with Crippen LogP contribution in [0.15, 0.2) is 22.7 Å². The molecular formula is C15H17BrFNOS. The fourth-order valence-corrected chi connectivity index (χ4v) is 3.67. The summed E-state index contributed by atoms with van der Waals surface area (Å²) in [6.45, 7) is 4.20. The monoisotopic (exact) mass is 357 g/mol. The van der Waals surface area contributed by atoms with E-state index < -0.39 is 0 Å². The molecule has 2 aromatic rings. The van der Waals surface area contributed by atoms with E-state index in [-0.39, 0.29) is 11.9 Å². The van der Waals surface area contributed by atoms with Gasteiger partial charge in [0.2, 0.25) is 0 Å². The summed E-state index contributed by atoms with van der Waals surface area (Å²) in [6, 6.07) is 5.34. The minimum atomic E-state index is -0.320. The second kappa shape index (κ2) is 6.24. The number of aryl methyl sites for hydroxylation is 2. The number of rotatable bonds is 4. The quantitative estimate of drug-likeness (QED) is 0.864. The third-order valence-electron chi connectivity index (χ3n) is 3.34. The predicted octanol–water partition coefficient (Wildman–Crippen LogP) is 4.58. The first-order valence-electron chi connectivity index (χ1n) is 6.25. The topological polar surface area (TPSA) is 21.3 Å². The lowest BCUT2D eigenvalue weighted by atomic mass is 10.0. The smallest absolute Gasteiger partial charge is 0.141 e. The van der Waals surface area contributed by atoms with Crippen molar-refractivity contribution in [2.45, 2.75) is 19.9 Å². The molecule has 2 nitrogen and oxygen atoms in total. The van der Waals surface area contributed by atoms with E-state index in [0.29, 0.717) is 10.2 Å². The van der Waals surface area contributed by atoms with E-state index in [2.05, 4.69) is 41.2 Å². The number of nitrogens with one attached hydrogen (secondary N) is 1. The molecule has 0 amide bonds. The van der Waals surface area contributed by atoms with E-state index in [1.807, 2.05) is 7.05 Å². The van der Waals surface area contributed by atoms with Crippen molar-refractivity contribution in [3.05, 3.63) is 49.4 Å². The Kier molecular flexibility index (Phi) is 4.83. The lowest BCUT2D eigenvalue weighted by Gasteiger charge is -2.19. The van der Waals surface area contributed by atoms with Crippen LogP contribution in [0.3, 0.4) is 0 Å². The summed E-state index contributed by atoms with van der Waals surface area (Å²) >= 11 is 4.99. The molecule has 1 unspecified atom stereocenters. The van der Waals surface area contributed by atoms with E-state index in [1.165, 1.54) is 21.4 Å². The van der Waals surface area contributed by atoms with Crippen LogP contribution in [0.1, 0.15) is 26.9 Å².